The van der Waals surface area contributed by atoms with E-state index < -0.39 is 56.7 Å². The Morgan fingerprint density at radius 1 is 0.912 bits per heavy atom. The van der Waals surface area contributed by atoms with Crippen molar-refractivity contribution >= 4 is 112 Å². The Labute approximate surface area is 245 Å². The molecular formula is C17H14F5I4NO6S. The second kappa shape index (κ2) is 11.6. The quantitative estimate of drug-likeness (QED) is 0.0942. The third kappa shape index (κ3) is 6.74. The van der Waals surface area contributed by atoms with Gasteiger partial charge in [-0.1, -0.05) is 6.42 Å². The molecule has 0 saturated heterocycles. The zero-order valence-corrected chi connectivity index (χ0v) is 25.9. The fraction of sp³-hybridized carbons (Fsp3) is 0.529. The highest BCUT2D eigenvalue weighted by molar-refractivity contribution is 14.1. The third-order valence-electron chi connectivity index (χ3n) is 4.81. The van der Waals surface area contributed by atoms with Crippen LogP contribution in [0.5, 0.6) is 0 Å². The lowest BCUT2D eigenvalue weighted by Crippen LogP contribution is -2.59. The number of amides is 1. The molecule has 1 aliphatic carbocycles. The predicted molar refractivity (Wildman–Crippen MR) is 143 cm³/mol. The van der Waals surface area contributed by atoms with Gasteiger partial charge in [0.2, 0.25) is 6.04 Å². The number of rotatable bonds is 6. The summed E-state index contributed by atoms with van der Waals surface area (Å²) < 4.78 is 105. The molecule has 0 aliphatic heterocycles. The molecule has 17 heteroatoms. The highest BCUT2D eigenvalue weighted by Gasteiger charge is 2.64. The van der Waals surface area contributed by atoms with Gasteiger partial charge in [0, 0.05) is 14.3 Å². The summed E-state index contributed by atoms with van der Waals surface area (Å²) in [6, 6.07) is -4.28. The van der Waals surface area contributed by atoms with E-state index in [9.17, 15) is 40.0 Å². The fourth-order valence-electron chi connectivity index (χ4n) is 3.14. The number of nitrogens with one attached hydrogen (secondary N) is 1. The number of carbonyl (C=O) groups excluding carboxylic acids is 2. The first-order valence-electron chi connectivity index (χ1n) is 9.20. The van der Waals surface area contributed by atoms with Gasteiger partial charge in [0.05, 0.1) is 11.1 Å². The van der Waals surface area contributed by atoms with Gasteiger partial charge in [-0.2, -0.15) is 30.4 Å². The minimum absolute atomic E-state index is 0.0211. The van der Waals surface area contributed by atoms with Gasteiger partial charge in [0.25, 0.3) is 5.91 Å². The number of ether oxygens (including phenoxy) is 1. The summed E-state index contributed by atoms with van der Waals surface area (Å²) in [7, 11) is -6.56. The van der Waals surface area contributed by atoms with Crippen LogP contribution in [-0.2, 0) is 14.9 Å². The van der Waals surface area contributed by atoms with Crippen LogP contribution in [0, 0.1) is 14.3 Å². The molecule has 1 amide bonds. The second-order valence-corrected chi connectivity index (χ2v) is 13.0. The van der Waals surface area contributed by atoms with Crippen molar-refractivity contribution in [3.8, 4) is 0 Å². The summed E-state index contributed by atoms with van der Waals surface area (Å²) in [5.41, 5.74) is -1.09. The smallest absolute Gasteiger partial charge is 0.415 e. The molecule has 2 rings (SSSR count). The largest absolute Gasteiger partial charge is 0.459 e. The Bertz CT molecular complexity index is 1090. The lowest BCUT2D eigenvalue weighted by molar-refractivity contribution is -0.191. The van der Waals surface area contributed by atoms with Crippen molar-refractivity contribution in [1.29, 1.82) is 0 Å². The molecule has 192 valence electrons. The molecule has 1 fully saturated rings. The molecule has 1 aliphatic rings. The van der Waals surface area contributed by atoms with Crippen LogP contribution >= 0.6 is 90.4 Å². The summed E-state index contributed by atoms with van der Waals surface area (Å²) in [4.78, 5) is 25.9. The molecular weight excluding hydrogens is 949 g/mol. The summed E-state index contributed by atoms with van der Waals surface area (Å²) in [5.74, 6) is -2.79. The normalized spacial score (nSPS) is 16.8. The van der Waals surface area contributed by atoms with Gasteiger partial charge < -0.3 is 10.1 Å². The minimum atomic E-state index is -6.56. The maximum Gasteiger partial charge on any atom is 0.415 e. The van der Waals surface area contributed by atoms with Gasteiger partial charge in [-0.15, -0.1) is 0 Å². The highest BCUT2D eigenvalue weighted by Crippen LogP contribution is 2.38. The number of hydrogen-bond donors (Lipinski definition) is 2. The van der Waals surface area contributed by atoms with E-state index in [0.29, 0.717) is 20.0 Å². The number of alkyl halides is 5. The number of hydrogen-bond acceptors (Lipinski definition) is 5. The van der Waals surface area contributed by atoms with Gasteiger partial charge in [-0.25, -0.2) is 4.79 Å². The maximum absolute atomic E-state index is 14.0. The van der Waals surface area contributed by atoms with Crippen molar-refractivity contribution in [1.82, 2.24) is 5.32 Å². The van der Waals surface area contributed by atoms with Crippen molar-refractivity contribution < 1.29 is 49.2 Å². The van der Waals surface area contributed by atoms with E-state index in [2.05, 4.69) is 0 Å². The van der Waals surface area contributed by atoms with Crippen LogP contribution in [0.15, 0.2) is 0 Å². The Hall–Kier alpha value is 0.640. The first kappa shape index (κ1) is 30.9. The van der Waals surface area contributed by atoms with Gasteiger partial charge in [-0.3, -0.25) is 9.35 Å². The van der Waals surface area contributed by atoms with E-state index >= 15 is 0 Å². The molecule has 0 bridgehead atoms. The zero-order valence-electron chi connectivity index (χ0n) is 16.5. The average Bonchev–Trinajstić information content (AvgIpc) is 2.71. The van der Waals surface area contributed by atoms with E-state index in [-0.39, 0.29) is 7.14 Å². The van der Waals surface area contributed by atoms with Crippen LogP contribution in [0.4, 0.5) is 22.0 Å². The molecule has 0 spiro atoms. The Morgan fingerprint density at radius 2 is 1.38 bits per heavy atom. The maximum atomic E-state index is 14.0. The predicted octanol–water partition coefficient (Wildman–Crippen LogP) is 5.74. The lowest BCUT2D eigenvalue weighted by atomic mass is 9.97. The fourth-order valence-corrected chi connectivity index (χ4v) is 7.28. The molecule has 1 saturated carbocycles. The zero-order chi connectivity index (χ0) is 26.2. The molecule has 0 heterocycles. The number of benzene rings is 1. The van der Waals surface area contributed by atoms with Crippen LogP contribution < -0.4 is 5.32 Å². The van der Waals surface area contributed by atoms with Crippen molar-refractivity contribution in [2.75, 3.05) is 0 Å². The summed E-state index contributed by atoms with van der Waals surface area (Å²) >= 11 is 6.89. The van der Waals surface area contributed by atoms with Crippen molar-refractivity contribution in [2.45, 2.75) is 55.7 Å². The topological polar surface area (TPSA) is 110 Å². The second-order valence-electron chi connectivity index (χ2n) is 7.16. The molecule has 1 unspecified atom stereocenters. The van der Waals surface area contributed by atoms with Gasteiger partial charge in [0.1, 0.15) is 6.10 Å². The van der Waals surface area contributed by atoms with E-state index in [1.807, 2.05) is 22.6 Å². The SMILES string of the molecule is O=C(NC(C(F)(F)F)C(F)(F)S(=O)(=O)O)c1c(I)c(I)c(I)c(I)c1C(=O)OC1CCCCC1. The van der Waals surface area contributed by atoms with Gasteiger partial charge in [-0.05, 0) is 116 Å². The monoisotopic (exact) mass is 963 g/mol. The summed E-state index contributed by atoms with van der Waals surface area (Å²) in [6.45, 7) is 0. The molecule has 1 atom stereocenters. The lowest BCUT2D eigenvalue weighted by Gasteiger charge is -2.28. The minimum Gasteiger partial charge on any atom is -0.459 e. The molecule has 7 nitrogen and oxygen atoms in total. The first-order valence-corrected chi connectivity index (χ1v) is 15.0. The van der Waals surface area contributed by atoms with Crippen LogP contribution in [0.25, 0.3) is 0 Å². The first-order chi connectivity index (χ1) is 15.4. The molecule has 0 aromatic heterocycles. The molecule has 1 aromatic carbocycles. The average molecular weight is 963 g/mol. The van der Waals surface area contributed by atoms with Crippen LogP contribution in [0.1, 0.15) is 52.8 Å². The van der Waals surface area contributed by atoms with Crippen molar-refractivity contribution in [3.63, 3.8) is 0 Å². The standard InChI is InChI=1S/C17H14F5I4NO6S/c18-16(19,20)15(17(21,22)34(30,31)32)27-13(28)7-8(10(24)12(26)11(25)9(7)23)14(29)33-6-4-2-1-3-5-6/h6,15H,1-5H2,(H,27,28)(H,30,31,32). The van der Waals surface area contributed by atoms with E-state index in [1.54, 1.807) is 67.8 Å². The van der Waals surface area contributed by atoms with Crippen molar-refractivity contribution in [2.24, 2.45) is 0 Å². The van der Waals surface area contributed by atoms with Crippen LogP contribution in [-0.4, -0.2) is 48.4 Å². The van der Waals surface area contributed by atoms with E-state index in [0.717, 1.165) is 24.6 Å². The van der Waals surface area contributed by atoms with Gasteiger partial charge in [0.15, 0.2) is 0 Å². The Kier molecular flexibility index (Phi) is 10.5. The number of carbonyl (C=O) groups is 2. The van der Waals surface area contributed by atoms with E-state index in [4.69, 9.17) is 9.29 Å². The van der Waals surface area contributed by atoms with Crippen LogP contribution in [0.2, 0.25) is 0 Å². The van der Waals surface area contributed by atoms with Crippen molar-refractivity contribution in [3.05, 3.63) is 25.4 Å². The molecule has 0 radical (unpaired) electrons. The van der Waals surface area contributed by atoms with Crippen LogP contribution in [0.3, 0.4) is 0 Å². The Balaban J connectivity index is 2.60. The third-order valence-corrected chi connectivity index (χ3v) is 13.1. The molecule has 34 heavy (non-hydrogen) atoms. The Morgan fingerprint density at radius 3 is 1.82 bits per heavy atom. The molecule has 1 aromatic rings. The van der Waals surface area contributed by atoms with Gasteiger partial charge >= 0.3 is 27.5 Å². The molecule has 2 N–H and O–H groups in total. The summed E-state index contributed by atoms with van der Waals surface area (Å²) in [5, 5.41) is -4.83. The number of halogens is 9. The number of esters is 1. The van der Waals surface area contributed by atoms with E-state index in [1.165, 1.54) is 0 Å². The summed E-state index contributed by atoms with van der Waals surface area (Å²) in [6.07, 6.45) is -2.80. The highest BCUT2D eigenvalue weighted by atomic mass is 127.